The van der Waals surface area contributed by atoms with E-state index in [2.05, 4.69) is 68.0 Å². The van der Waals surface area contributed by atoms with Crippen LogP contribution in [0.5, 0.6) is 11.5 Å². The monoisotopic (exact) mass is 1120 g/mol. The summed E-state index contributed by atoms with van der Waals surface area (Å²) in [5.41, 5.74) is 0.128. The maximum atomic E-state index is 13.7. The zero-order chi connectivity index (χ0) is 55.6. The molecule has 8 rings (SSSR count). The Kier molecular flexibility index (Phi) is 17.7. The Bertz CT molecular complexity index is 3160. The van der Waals surface area contributed by atoms with Crippen LogP contribution in [0.1, 0.15) is 69.3 Å². The minimum absolute atomic E-state index is 0.105. The number of methoxy groups -OCH3 is 4. The van der Waals surface area contributed by atoms with Gasteiger partial charge in [0.2, 0.25) is 5.95 Å². The molecule has 0 amide bonds. The molecular formula is C54H72N7O13PSSi. The molecule has 0 saturated carbocycles. The van der Waals surface area contributed by atoms with E-state index in [1.54, 1.807) is 39.5 Å². The minimum atomic E-state index is -3.38. The molecule has 9 atom stereocenters. The third-order valence-electron chi connectivity index (χ3n) is 14.6. The summed E-state index contributed by atoms with van der Waals surface area (Å²) in [5, 5.41) is 3.00. The van der Waals surface area contributed by atoms with Crippen LogP contribution in [0.3, 0.4) is 0 Å². The van der Waals surface area contributed by atoms with Crippen molar-refractivity contribution >= 4 is 43.7 Å². The fourth-order valence-corrected chi connectivity index (χ4v) is 12.4. The Morgan fingerprint density at radius 1 is 0.766 bits per heavy atom. The van der Waals surface area contributed by atoms with Crippen molar-refractivity contribution in [3.8, 4) is 11.5 Å². The van der Waals surface area contributed by atoms with E-state index in [1.165, 1.54) is 24.2 Å². The van der Waals surface area contributed by atoms with Gasteiger partial charge in [-0.1, -0.05) is 89.2 Å². The topological polar surface area (TPSA) is 223 Å². The molecule has 20 nitrogen and oxygen atoms in total. The van der Waals surface area contributed by atoms with Crippen molar-refractivity contribution in [1.29, 1.82) is 0 Å². The highest BCUT2D eigenvalue weighted by Crippen LogP contribution is 2.52. The number of H-pyrrole nitrogens is 2. The quantitative estimate of drug-likeness (QED) is 0.0338. The minimum Gasteiger partial charge on any atom is -0.497 e. The van der Waals surface area contributed by atoms with Gasteiger partial charge < -0.3 is 51.9 Å². The average molecular weight is 1120 g/mol. The van der Waals surface area contributed by atoms with E-state index < -0.39 is 86.3 Å². The van der Waals surface area contributed by atoms with Gasteiger partial charge in [0.25, 0.3) is 11.1 Å². The summed E-state index contributed by atoms with van der Waals surface area (Å²) < 4.78 is 68.6. The molecule has 0 bridgehead atoms. The van der Waals surface area contributed by atoms with Gasteiger partial charge in [-0.3, -0.25) is 28.7 Å². The summed E-state index contributed by atoms with van der Waals surface area (Å²) in [6, 6.07) is 25.1. The van der Waals surface area contributed by atoms with Crippen LogP contribution in [0, 0.1) is 12.8 Å². The molecule has 23 heteroatoms. The van der Waals surface area contributed by atoms with Crippen molar-refractivity contribution in [3.05, 3.63) is 145 Å². The highest BCUT2D eigenvalue weighted by Gasteiger charge is 2.54. The SMILES string of the molecule is COc1ccc(C(OC[C@H]2O[C@@H](n3cc(C)c(=O)[nH]c3=O)[C@H](OC)[C@@H]2OP(C)(=S)OC[C@H]2O[C@@H](n3cnc4c(=O)[nH]c(NCC(C)C)nc43)[C@H](OC)[C@@H]2O[Si](C)(C)C(C)(C)C)(c2ccccc2)c2ccc(OC)cc2)cc1. The van der Waals surface area contributed by atoms with Gasteiger partial charge in [-0.25, -0.2) is 9.78 Å². The first-order valence-corrected chi connectivity index (χ1v) is 31.5. The number of benzene rings is 3. The predicted molar refractivity (Wildman–Crippen MR) is 298 cm³/mol. The number of fused-ring (bicyclic) bond motifs is 1. The summed E-state index contributed by atoms with van der Waals surface area (Å²) in [7, 11) is 3.74. The number of ether oxygens (including phenoxy) is 7. The number of nitrogens with zero attached hydrogens (tertiary/aromatic N) is 4. The Hall–Kier alpha value is -5.36. The number of hydrogen-bond acceptors (Lipinski definition) is 17. The lowest BCUT2D eigenvalue weighted by atomic mass is 9.80. The predicted octanol–water partition coefficient (Wildman–Crippen LogP) is 7.63. The highest BCUT2D eigenvalue weighted by atomic mass is 32.5. The summed E-state index contributed by atoms with van der Waals surface area (Å²) in [4.78, 5) is 54.1. The second kappa shape index (κ2) is 23.5. The van der Waals surface area contributed by atoms with Gasteiger partial charge in [0.1, 0.15) is 53.7 Å². The van der Waals surface area contributed by atoms with Crippen LogP contribution < -0.4 is 31.6 Å². The molecule has 2 aliphatic rings. The van der Waals surface area contributed by atoms with E-state index in [4.69, 9.17) is 63.4 Å². The lowest BCUT2D eigenvalue weighted by Gasteiger charge is -2.40. The van der Waals surface area contributed by atoms with E-state index in [0.29, 0.717) is 29.6 Å². The number of nitrogens with one attached hydrogen (secondary N) is 3. The normalized spacial score (nSPS) is 22.9. The molecule has 1 unspecified atom stereocenters. The average Bonchev–Trinajstić information content (AvgIpc) is 4.13. The molecule has 3 N–H and O–H groups in total. The maximum Gasteiger partial charge on any atom is 0.330 e. The molecule has 2 aliphatic heterocycles. The van der Waals surface area contributed by atoms with E-state index in [9.17, 15) is 14.4 Å². The van der Waals surface area contributed by atoms with Crippen LogP contribution in [0.25, 0.3) is 11.2 Å². The van der Waals surface area contributed by atoms with Gasteiger partial charge in [-0.2, -0.15) is 4.98 Å². The number of aromatic nitrogens is 6. The second-order valence-corrected chi connectivity index (χ2v) is 30.1. The van der Waals surface area contributed by atoms with Gasteiger partial charge in [-0.05, 0) is 83.7 Å². The summed E-state index contributed by atoms with van der Waals surface area (Å²) in [6.45, 7) is 15.1. The lowest BCUT2D eigenvalue weighted by Crippen LogP contribution is -2.50. The summed E-state index contributed by atoms with van der Waals surface area (Å²) in [5.74, 6) is 1.89. The van der Waals surface area contributed by atoms with Crippen LogP contribution in [0.15, 0.2) is 106 Å². The van der Waals surface area contributed by atoms with E-state index in [1.807, 2.05) is 78.9 Å². The zero-order valence-electron chi connectivity index (χ0n) is 45.9. The molecule has 0 radical (unpaired) electrons. The van der Waals surface area contributed by atoms with E-state index in [0.717, 1.165) is 16.7 Å². The van der Waals surface area contributed by atoms with Crippen LogP contribution in [0.4, 0.5) is 5.95 Å². The summed E-state index contributed by atoms with van der Waals surface area (Å²) in [6.07, 6.45) is -4.22. The number of aromatic amines is 2. The van der Waals surface area contributed by atoms with Crippen LogP contribution in [0.2, 0.25) is 18.1 Å². The van der Waals surface area contributed by atoms with Crippen molar-refractivity contribution in [2.45, 2.75) is 114 Å². The smallest absolute Gasteiger partial charge is 0.330 e. The Labute approximate surface area is 454 Å². The van der Waals surface area contributed by atoms with Crippen molar-refractivity contribution in [1.82, 2.24) is 29.1 Å². The molecule has 3 aromatic heterocycles. The third kappa shape index (κ3) is 12.1. The molecule has 2 saturated heterocycles. The molecule has 0 aliphatic carbocycles. The number of rotatable bonds is 22. The number of hydrogen-bond donors (Lipinski definition) is 3. The maximum absolute atomic E-state index is 13.7. The first kappa shape index (κ1) is 57.8. The summed E-state index contributed by atoms with van der Waals surface area (Å²) >= 11 is 6.32. The second-order valence-electron chi connectivity index (χ2n) is 21.3. The zero-order valence-corrected chi connectivity index (χ0v) is 48.6. The molecular weight excluding hydrogens is 1050 g/mol. The molecule has 5 heterocycles. The van der Waals surface area contributed by atoms with Crippen LogP contribution in [-0.2, 0) is 54.6 Å². The van der Waals surface area contributed by atoms with Gasteiger partial charge in [0.15, 0.2) is 38.4 Å². The van der Waals surface area contributed by atoms with Crippen LogP contribution in [-0.4, -0.2) is 129 Å². The molecule has 416 valence electrons. The van der Waals surface area contributed by atoms with Crippen molar-refractivity contribution in [3.63, 3.8) is 0 Å². The van der Waals surface area contributed by atoms with Gasteiger partial charge in [-0.15, -0.1) is 0 Å². The standard InChI is InChI=1S/C54H72N7O13PSSi/c1-32(2)27-55-51-57-46-41(48(63)58-51)56-31-61(46)50-45(68-10)43(74-77(12,13)53(4,5)6)40(72-50)30-70-75(11,76)73-42-39(71-49(44(42)67-9)60-28-33(3)47(62)59-52(60)64)29-69-54(34-17-15-14-16-18-34,35-19-23-37(65-7)24-20-35)36-21-25-38(66-8)26-22-36/h14-26,28,31-32,39-40,42-45,49-50H,27,29-30H2,1-13H3,(H,59,62,64)(H2,55,57,58,63)/t39-,40-,42-,43-,44-,45-,49-,50-,75?/m1/s1. The fourth-order valence-electron chi connectivity index (χ4n) is 9.43. The van der Waals surface area contributed by atoms with Crippen molar-refractivity contribution in [2.75, 3.05) is 60.2 Å². The van der Waals surface area contributed by atoms with Gasteiger partial charge >= 0.3 is 5.69 Å². The Morgan fingerprint density at radius 3 is 1.88 bits per heavy atom. The van der Waals surface area contributed by atoms with Crippen molar-refractivity contribution < 1.29 is 46.6 Å². The Morgan fingerprint density at radius 2 is 1.32 bits per heavy atom. The highest BCUT2D eigenvalue weighted by molar-refractivity contribution is 8.09. The Balaban J connectivity index is 1.15. The van der Waals surface area contributed by atoms with E-state index >= 15 is 0 Å². The van der Waals surface area contributed by atoms with Crippen LogP contribution >= 0.6 is 6.49 Å². The van der Waals surface area contributed by atoms with Crippen molar-refractivity contribution in [2.24, 2.45) is 5.92 Å². The molecule has 77 heavy (non-hydrogen) atoms. The van der Waals surface area contributed by atoms with Gasteiger partial charge in [0.05, 0.1) is 33.8 Å². The largest absolute Gasteiger partial charge is 0.497 e. The molecule has 2 fully saturated rings. The van der Waals surface area contributed by atoms with E-state index in [-0.39, 0.29) is 35.3 Å². The molecule has 6 aromatic rings. The molecule has 3 aromatic carbocycles. The lowest BCUT2D eigenvalue weighted by molar-refractivity contribution is -0.0956. The van der Waals surface area contributed by atoms with Gasteiger partial charge in [0, 0.05) is 39.2 Å². The molecule has 0 spiro atoms. The fraction of sp³-hybridized carbons (Fsp3) is 0.500. The number of aryl methyl sites for hydroxylation is 1. The first-order valence-electron chi connectivity index (χ1n) is 25.5. The number of imidazole rings is 1. The first-order chi connectivity index (χ1) is 36.5. The third-order valence-corrected chi connectivity index (χ3v) is 20.9. The number of anilines is 1.